The molecule has 1 saturated heterocycles. The summed E-state index contributed by atoms with van der Waals surface area (Å²) in [6.45, 7) is 8.67. The van der Waals surface area contributed by atoms with Crippen molar-refractivity contribution in [1.82, 2.24) is 15.2 Å². The average Bonchev–Trinajstić information content (AvgIpc) is 2.42. The van der Waals surface area contributed by atoms with E-state index in [-0.39, 0.29) is 0 Å². The van der Waals surface area contributed by atoms with Crippen LogP contribution in [0.5, 0.6) is 0 Å². The molecule has 1 aromatic heterocycles. The van der Waals surface area contributed by atoms with Crippen LogP contribution in [0.25, 0.3) is 0 Å². The highest BCUT2D eigenvalue weighted by Gasteiger charge is 2.20. The SMILES string of the molecule is CC(C)N(Cc1cnc(Cl)cc1Cl)CC1CCCNC1. The third kappa shape index (κ3) is 4.59. The van der Waals surface area contributed by atoms with Crippen LogP contribution in [0.1, 0.15) is 32.3 Å². The number of halogens is 2. The zero-order chi connectivity index (χ0) is 14.5. The lowest BCUT2D eigenvalue weighted by atomic mass is 9.98. The standard InChI is InChI=1S/C15H23Cl2N3/c1-11(2)20(9-12-4-3-5-18-7-12)10-13-8-19-15(17)6-14(13)16/h6,8,11-12,18H,3-5,7,9-10H2,1-2H3. The lowest BCUT2D eigenvalue weighted by Crippen LogP contribution is -2.40. The van der Waals surface area contributed by atoms with Crippen LogP contribution in [0.4, 0.5) is 0 Å². The number of piperidine rings is 1. The molecule has 1 aliphatic rings. The van der Waals surface area contributed by atoms with Crippen molar-refractivity contribution in [2.24, 2.45) is 5.92 Å². The van der Waals surface area contributed by atoms with Crippen molar-refractivity contribution in [3.8, 4) is 0 Å². The second kappa shape index (κ2) is 7.60. The molecule has 5 heteroatoms. The quantitative estimate of drug-likeness (QED) is 0.841. The number of hydrogen-bond donors (Lipinski definition) is 1. The van der Waals surface area contributed by atoms with Crippen molar-refractivity contribution in [3.05, 3.63) is 28.0 Å². The Labute approximate surface area is 131 Å². The summed E-state index contributed by atoms with van der Waals surface area (Å²) in [6.07, 6.45) is 4.38. The van der Waals surface area contributed by atoms with Gasteiger partial charge in [-0.05, 0) is 51.8 Å². The number of aromatic nitrogens is 1. The van der Waals surface area contributed by atoms with Gasteiger partial charge in [-0.3, -0.25) is 4.90 Å². The number of nitrogens with one attached hydrogen (secondary N) is 1. The molecule has 0 aliphatic carbocycles. The van der Waals surface area contributed by atoms with Crippen LogP contribution in [-0.2, 0) is 6.54 Å². The van der Waals surface area contributed by atoms with Crippen LogP contribution >= 0.6 is 23.2 Å². The van der Waals surface area contributed by atoms with E-state index in [2.05, 4.69) is 29.0 Å². The van der Waals surface area contributed by atoms with Crippen LogP contribution in [0.3, 0.4) is 0 Å². The minimum Gasteiger partial charge on any atom is -0.316 e. The Kier molecular flexibility index (Phi) is 6.09. The second-order valence-corrected chi connectivity index (χ2v) is 6.63. The Bertz CT molecular complexity index is 431. The third-order valence-corrected chi connectivity index (χ3v) is 4.45. The van der Waals surface area contributed by atoms with Crippen molar-refractivity contribution >= 4 is 23.2 Å². The summed E-state index contributed by atoms with van der Waals surface area (Å²) in [6, 6.07) is 2.21. The van der Waals surface area contributed by atoms with Crippen molar-refractivity contribution in [2.75, 3.05) is 19.6 Å². The molecule has 1 aliphatic heterocycles. The van der Waals surface area contributed by atoms with Gasteiger partial charge in [-0.1, -0.05) is 23.2 Å². The van der Waals surface area contributed by atoms with Gasteiger partial charge < -0.3 is 5.32 Å². The highest BCUT2D eigenvalue weighted by atomic mass is 35.5. The van der Waals surface area contributed by atoms with E-state index in [1.165, 1.54) is 12.8 Å². The van der Waals surface area contributed by atoms with Gasteiger partial charge in [0.05, 0.1) is 0 Å². The van der Waals surface area contributed by atoms with Crippen molar-refractivity contribution in [1.29, 1.82) is 0 Å². The predicted molar refractivity (Wildman–Crippen MR) is 85.4 cm³/mol. The van der Waals surface area contributed by atoms with E-state index in [4.69, 9.17) is 23.2 Å². The first-order chi connectivity index (χ1) is 9.56. The van der Waals surface area contributed by atoms with Gasteiger partial charge in [0.15, 0.2) is 0 Å². The fourth-order valence-electron chi connectivity index (χ4n) is 2.64. The first kappa shape index (κ1) is 16.0. The number of hydrogen-bond acceptors (Lipinski definition) is 3. The van der Waals surface area contributed by atoms with E-state index < -0.39 is 0 Å². The molecule has 2 rings (SSSR count). The number of nitrogens with zero attached hydrogens (tertiary/aromatic N) is 2. The summed E-state index contributed by atoms with van der Waals surface area (Å²) in [7, 11) is 0. The summed E-state index contributed by atoms with van der Waals surface area (Å²) in [4.78, 5) is 6.61. The maximum atomic E-state index is 6.26. The van der Waals surface area contributed by atoms with Crippen molar-refractivity contribution in [2.45, 2.75) is 39.3 Å². The number of rotatable bonds is 5. The Morgan fingerprint density at radius 1 is 1.45 bits per heavy atom. The molecule has 3 nitrogen and oxygen atoms in total. The Morgan fingerprint density at radius 2 is 2.25 bits per heavy atom. The van der Waals surface area contributed by atoms with Crippen LogP contribution in [0.2, 0.25) is 10.2 Å². The lowest BCUT2D eigenvalue weighted by Gasteiger charge is -2.33. The van der Waals surface area contributed by atoms with Gasteiger partial charge in [-0.15, -0.1) is 0 Å². The van der Waals surface area contributed by atoms with Crippen molar-refractivity contribution < 1.29 is 0 Å². The highest BCUT2D eigenvalue weighted by Crippen LogP contribution is 2.22. The summed E-state index contributed by atoms with van der Waals surface area (Å²) < 4.78 is 0. The van der Waals surface area contributed by atoms with E-state index in [0.717, 1.165) is 37.7 Å². The van der Waals surface area contributed by atoms with Crippen molar-refractivity contribution in [3.63, 3.8) is 0 Å². The zero-order valence-electron chi connectivity index (χ0n) is 12.2. The van der Waals surface area contributed by atoms with Gasteiger partial charge in [-0.25, -0.2) is 4.98 Å². The number of pyridine rings is 1. The first-order valence-corrected chi connectivity index (χ1v) is 8.06. The fourth-order valence-corrected chi connectivity index (χ4v) is 3.07. The monoisotopic (exact) mass is 315 g/mol. The maximum absolute atomic E-state index is 6.26. The summed E-state index contributed by atoms with van der Waals surface area (Å²) in [5, 5.41) is 4.64. The molecule has 0 amide bonds. The van der Waals surface area contributed by atoms with Gasteiger partial charge in [-0.2, -0.15) is 0 Å². The Hall–Kier alpha value is -0.350. The largest absolute Gasteiger partial charge is 0.316 e. The second-order valence-electron chi connectivity index (χ2n) is 5.83. The van der Waals surface area contributed by atoms with E-state index in [1.807, 2.05) is 0 Å². The van der Waals surface area contributed by atoms with E-state index in [0.29, 0.717) is 16.2 Å². The van der Waals surface area contributed by atoms with E-state index >= 15 is 0 Å². The molecule has 1 atom stereocenters. The lowest BCUT2D eigenvalue weighted by molar-refractivity contribution is 0.164. The molecular weight excluding hydrogens is 293 g/mol. The van der Waals surface area contributed by atoms with E-state index in [1.54, 1.807) is 12.3 Å². The van der Waals surface area contributed by atoms with Gasteiger partial charge >= 0.3 is 0 Å². The fraction of sp³-hybridized carbons (Fsp3) is 0.667. The summed E-state index contributed by atoms with van der Waals surface area (Å²) in [5.41, 5.74) is 1.05. The van der Waals surface area contributed by atoms with Crippen LogP contribution in [0, 0.1) is 5.92 Å². The molecule has 1 unspecified atom stereocenters. The first-order valence-electron chi connectivity index (χ1n) is 7.31. The maximum Gasteiger partial charge on any atom is 0.130 e. The smallest absolute Gasteiger partial charge is 0.130 e. The molecule has 0 spiro atoms. The molecule has 0 saturated carbocycles. The molecule has 1 N–H and O–H groups in total. The minimum absolute atomic E-state index is 0.450. The van der Waals surface area contributed by atoms with Crippen LogP contribution in [0.15, 0.2) is 12.3 Å². The van der Waals surface area contributed by atoms with Gasteiger partial charge in [0.1, 0.15) is 5.15 Å². The Balaban J connectivity index is 2.01. The highest BCUT2D eigenvalue weighted by molar-refractivity contribution is 6.34. The molecule has 112 valence electrons. The molecular formula is C15H23Cl2N3. The van der Waals surface area contributed by atoms with Gasteiger partial charge in [0.2, 0.25) is 0 Å². The molecule has 0 radical (unpaired) electrons. The molecule has 0 bridgehead atoms. The Morgan fingerprint density at radius 3 is 2.85 bits per heavy atom. The summed E-state index contributed by atoms with van der Waals surface area (Å²) >= 11 is 12.1. The van der Waals surface area contributed by atoms with Crippen LogP contribution < -0.4 is 5.32 Å². The zero-order valence-corrected chi connectivity index (χ0v) is 13.7. The normalized spacial score (nSPS) is 19.8. The molecule has 20 heavy (non-hydrogen) atoms. The van der Waals surface area contributed by atoms with Crippen LogP contribution in [-0.4, -0.2) is 35.6 Å². The average molecular weight is 316 g/mol. The third-order valence-electron chi connectivity index (χ3n) is 3.89. The molecule has 2 heterocycles. The predicted octanol–water partition coefficient (Wildman–Crippen LogP) is 3.60. The molecule has 1 aromatic rings. The van der Waals surface area contributed by atoms with Gasteiger partial charge in [0, 0.05) is 35.9 Å². The molecule has 0 aromatic carbocycles. The van der Waals surface area contributed by atoms with E-state index in [9.17, 15) is 0 Å². The molecule has 1 fully saturated rings. The topological polar surface area (TPSA) is 28.2 Å². The van der Waals surface area contributed by atoms with Gasteiger partial charge in [0.25, 0.3) is 0 Å². The minimum atomic E-state index is 0.450. The summed E-state index contributed by atoms with van der Waals surface area (Å²) in [5.74, 6) is 0.727.